The lowest BCUT2D eigenvalue weighted by atomic mass is 10.1. The number of nitrogens with zero attached hydrogens (tertiary/aromatic N) is 1. The van der Waals surface area contributed by atoms with E-state index in [1.54, 1.807) is 19.1 Å². The number of aromatic nitrogens is 1. The first-order chi connectivity index (χ1) is 8.09. The number of hydrogen-bond donors (Lipinski definition) is 1. The maximum atomic E-state index is 13.5. The summed E-state index contributed by atoms with van der Waals surface area (Å²) in [4.78, 5) is 4.08. The minimum atomic E-state index is -0.597. The molecule has 0 bridgehead atoms. The Labute approximate surface area is 98.1 Å². The van der Waals surface area contributed by atoms with Crippen molar-refractivity contribution < 1.29 is 8.78 Å². The molecule has 0 unspecified atom stereocenters. The molecule has 4 heteroatoms. The standard InChI is InChI=1S/C13H12F2N2/c1-8(16)12-6-5-9(7-17-12)13-10(14)3-2-4-11(13)15/h2-8H,16H2,1H3/t8-/m0/s1. The van der Waals surface area contributed by atoms with Crippen molar-refractivity contribution in [2.45, 2.75) is 13.0 Å². The number of halogens is 2. The highest BCUT2D eigenvalue weighted by Gasteiger charge is 2.11. The van der Waals surface area contributed by atoms with Crippen LogP contribution < -0.4 is 5.73 Å². The average molecular weight is 234 g/mol. The van der Waals surface area contributed by atoms with Crippen molar-refractivity contribution in [1.29, 1.82) is 0 Å². The summed E-state index contributed by atoms with van der Waals surface area (Å²) in [6.07, 6.45) is 1.43. The maximum absolute atomic E-state index is 13.5. The Bertz CT molecular complexity index is 501. The summed E-state index contributed by atoms with van der Waals surface area (Å²) < 4.78 is 27.0. The second kappa shape index (κ2) is 4.59. The van der Waals surface area contributed by atoms with Gasteiger partial charge in [-0.2, -0.15) is 0 Å². The zero-order valence-corrected chi connectivity index (χ0v) is 9.32. The van der Waals surface area contributed by atoms with Gasteiger partial charge in [0.05, 0.1) is 11.3 Å². The second-order valence-corrected chi connectivity index (χ2v) is 3.86. The second-order valence-electron chi connectivity index (χ2n) is 3.86. The average Bonchev–Trinajstić information content (AvgIpc) is 2.29. The summed E-state index contributed by atoms with van der Waals surface area (Å²) in [6.45, 7) is 1.80. The van der Waals surface area contributed by atoms with E-state index in [4.69, 9.17) is 5.73 Å². The van der Waals surface area contributed by atoms with E-state index in [9.17, 15) is 8.78 Å². The largest absolute Gasteiger partial charge is 0.323 e. The van der Waals surface area contributed by atoms with Gasteiger partial charge < -0.3 is 5.73 Å². The third kappa shape index (κ3) is 2.31. The Morgan fingerprint density at radius 1 is 1.12 bits per heavy atom. The molecule has 2 rings (SSSR count). The van der Waals surface area contributed by atoms with Crippen LogP contribution in [0.2, 0.25) is 0 Å². The van der Waals surface area contributed by atoms with Crippen LogP contribution in [0.3, 0.4) is 0 Å². The van der Waals surface area contributed by atoms with Crippen LogP contribution in [0.25, 0.3) is 11.1 Å². The zero-order valence-electron chi connectivity index (χ0n) is 9.32. The Kier molecular flexibility index (Phi) is 3.15. The number of pyridine rings is 1. The summed E-state index contributed by atoms with van der Waals surface area (Å²) in [5.74, 6) is -1.19. The normalized spacial score (nSPS) is 12.5. The minimum absolute atomic E-state index is 0.0591. The number of nitrogens with two attached hydrogens (primary N) is 1. The van der Waals surface area contributed by atoms with Crippen LogP contribution in [0, 0.1) is 11.6 Å². The van der Waals surface area contributed by atoms with Crippen LogP contribution in [0.15, 0.2) is 36.5 Å². The van der Waals surface area contributed by atoms with Crippen molar-refractivity contribution in [2.24, 2.45) is 5.73 Å². The van der Waals surface area contributed by atoms with E-state index in [-0.39, 0.29) is 11.6 Å². The van der Waals surface area contributed by atoms with Crippen molar-refractivity contribution in [3.63, 3.8) is 0 Å². The molecular formula is C13H12F2N2. The van der Waals surface area contributed by atoms with E-state index in [0.29, 0.717) is 11.3 Å². The fourth-order valence-electron chi connectivity index (χ4n) is 1.60. The first-order valence-corrected chi connectivity index (χ1v) is 5.25. The molecule has 0 fully saturated rings. The van der Waals surface area contributed by atoms with Crippen molar-refractivity contribution in [1.82, 2.24) is 4.98 Å². The van der Waals surface area contributed by atoms with Gasteiger partial charge in [0, 0.05) is 17.8 Å². The smallest absolute Gasteiger partial charge is 0.134 e. The molecule has 1 aromatic heterocycles. The number of rotatable bonds is 2. The van der Waals surface area contributed by atoms with Crippen LogP contribution in [-0.4, -0.2) is 4.98 Å². The molecule has 0 spiro atoms. The van der Waals surface area contributed by atoms with Crippen LogP contribution >= 0.6 is 0 Å². The van der Waals surface area contributed by atoms with Crippen molar-refractivity contribution in [3.8, 4) is 11.1 Å². The molecular weight excluding hydrogens is 222 g/mol. The van der Waals surface area contributed by atoms with Gasteiger partial charge in [-0.1, -0.05) is 12.1 Å². The van der Waals surface area contributed by atoms with E-state index in [2.05, 4.69) is 4.98 Å². The molecule has 1 heterocycles. The van der Waals surface area contributed by atoms with Crippen molar-refractivity contribution in [3.05, 3.63) is 53.9 Å². The van der Waals surface area contributed by atoms with Crippen LogP contribution in [-0.2, 0) is 0 Å². The quantitative estimate of drug-likeness (QED) is 0.867. The molecule has 2 nitrogen and oxygen atoms in total. The van der Waals surface area contributed by atoms with Gasteiger partial charge in [0.2, 0.25) is 0 Å². The topological polar surface area (TPSA) is 38.9 Å². The van der Waals surface area contributed by atoms with Gasteiger partial charge in [0.25, 0.3) is 0 Å². The highest BCUT2D eigenvalue weighted by Crippen LogP contribution is 2.25. The van der Waals surface area contributed by atoms with E-state index in [1.807, 2.05) is 0 Å². The Morgan fingerprint density at radius 3 is 2.24 bits per heavy atom. The van der Waals surface area contributed by atoms with Crippen LogP contribution in [0.1, 0.15) is 18.7 Å². The lowest BCUT2D eigenvalue weighted by Crippen LogP contribution is -2.06. The molecule has 0 amide bonds. The predicted octanol–water partition coefficient (Wildman–Crippen LogP) is 3.05. The molecule has 0 saturated carbocycles. The Hall–Kier alpha value is -1.81. The third-order valence-corrected chi connectivity index (χ3v) is 2.50. The first kappa shape index (κ1) is 11.7. The molecule has 0 radical (unpaired) electrons. The molecule has 0 aliphatic heterocycles. The fourth-order valence-corrected chi connectivity index (χ4v) is 1.60. The predicted molar refractivity (Wildman–Crippen MR) is 62.2 cm³/mol. The monoisotopic (exact) mass is 234 g/mol. The summed E-state index contributed by atoms with van der Waals surface area (Å²) in [6, 6.07) is 6.86. The maximum Gasteiger partial charge on any atom is 0.134 e. The summed E-state index contributed by atoms with van der Waals surface area (Å²) in [5.41, 5.74) is 6.69. The summed E-state index contributed by atoms with van der Waals surface area (Å²) >= 11 is 0. The molecule has 0 saturated heterocycles. The van der Waals surface area contributed by atoms with E-state index < -0.39 is 11.6 Å². The molecule has 1 aromatic carbocycles. The molecule has 2 aromatic rings. The molecule has 1 atom stereocenters. The highest BCUT2D eigenvalue weighted by molar-refractivity contribution is 5.63. The van der Waals surface area contributed by atoms with Crippen molar-refractivity contribution >= 4 is 0 Å². The van der Waals surface area contributed by atoms with Crippen LogP contribution in [0.4, 0.5) is 8.78 Å². The lowest BCUT2D eigenvalue weighted by Gasteiger charge is -2.07. The summed E-state index contributed by atoms with van der Waals surface area (Å²) in [5, 5.41) is 0. The van der Waals surface area contributed by atoms with Crippen molar-refractivity contribution in [2.75, 3.05) is 0 Å². The summed E-state index contributed by atoms with van der Waals surface area (Å²) in [7, 11) is 0. The van der Waals surface area contributed by atoms with Gasteiger partial charge in [0.15, 0.2) is 0 Å². The SMILES string of the molecule is C[C@H](N)c1ccc(-c2c(F)cccc2F)cn1. The highest BCUT2D eigenvalue weighted by atomic mass is 19.1. The van der Waals surface area contributed by atoms with E-state index >= 15 is 0 Å². The van der Waals surface area contributed by atoms with Gasteiger partial charge in [-0.15, -0.1) is 0 Å². The fraction of sp³-hybridized carbons (Fsp3) is 0.154. The Morgan fingerprint density at radius 2 is 1.76 bits per heavy atom. The third-order valence-electron chi connectivity index (χ3n) is 2.50. The van der Waals surface area contributed by atoms with Gasteiger partial charge in [-0.25, -0.2) is 8.78 Å². The van der Waals surface area contributed by atoms with Gasteiger partial charge >= 0.3 is 0 Å². The van der Waals surface area contributed by atoms with Gasteiger partial charge in [-0.05, 0) is 25.1 Å². The zero-order chi connectivity index (χ0) is 12.4. The Balaban J connectivity index is 2.47. The number of benzene rings is 1. The number of hydrogen-bond acceptors (Lipinski definition) is 2. The lowest BCUT2D eigenvalue weighted by molar-refractivity contribution is 0.589. The van der Waals surface area contributed by atoms with E-state index in [0.717, 1.165) is 0 Å². The first-order valence-electron chi connectivity index (χ1n) is 5.25. The van der Waals surface area contributed by atoms with E-state index in [1.165, 1.54) is 24.4 Å². The molecule has 2 N–H and O–H groups in total. The molecule has 88 valence electrons. The van der Waals surface area contributed by atoms with Gasteiger partial charge in [-0.3, -0.25) is 4.98 Å². The molecule has 0 aliphatic rings. The van der Waals surface area contributed by atoms with Crippen LogP contribution in [0.5, 0.6) is 0 Å². The minimum Gasteiger partial charge on any atom is -0.323 e. The molecule has 17 heavy (non-hydrogen) atoms. The molecule has 0 aliphatic carbocycles. The van der Waals surface area contributed by atoms with Gasteiger partial charge in [0.1, 0.15) is 11.6 Å².